The summed E-state index contributed by atoms with van der Waals surface area (Å²) in [6, 6.07) is 2.96. The van der Waals surface area contributed by atoms with Crippen molar-refractivity contribution in [1.82, 2.24) is 4.98 Å². The van der Waals surface area contributed by atoms with Crippen LogP contribution in [-0.2, 0) is 23.7 Å². The molecule has 0 spiro atoms. The molecule has 0 radical (unpaired) electrons. The molecule has 1 aromatic heterocycles. The molecular weight excluding hydrogens is 418 g/mol. The van der Waals surface area contributed by atoms with Crippen molar-refractivity contribution in [3.8, 4) is 5.75 Å². The number of carbonyl (C=O) groups excluding carboxylic acids is 2. The maximum atomic E-state index is 12.4. The molecule has 0 aromatic carbocycles. The van der Waals surface area contributed by atoms with E-state index >= 15 is 0 Å². The minimum Gasteiger partial charge on any atom is -0.493 e. The lowest BCUT2D eigenvalue weighted by Crippen LogP contribution is -2.18. The van der Waals surface area contributed by atoms with Crippen molar-refractivity contribution in [1.29, 1.82) is 0 Å². The summed E-state index contributed by atoms with van der Waals surface area (Å²) in [5.74, 6) is -0.937. The maximum absolute atomic E-state index is 12.4. The normalized spacial score (nSPS) is 17.0. The van der Waals surface area contributed by atoms with Crippen LogP contribution in [0.25, 0.3) is 0 Å². The third-order valence-corrected chi connectivity index (χ3v) is 4.65. The minimum absolute atomic E-state index is 0.0157. The summed E-state index contributed by atoms with van der Waals surface area (Å²) in [5.41, 5.74) is -0.0313. The van der Waals surface area contributed by atoms with E-state index in [-0.39, 0.29) is 37.8 Å². The van der Waals surface area contributed by atoms with Gasteiger partial charge < -0.3 is 28.4 Å². The van der Waals surface area contributed by atoms with Gasteiger partial charge in [0.15, 0.2) is 11.4 Å². The second-order valence-corrected chi connectivity index (χ2v) is 7.30. The first-order valence-electron chi connectivity index (χ1n) is 11.4. The van der Waals surface area contributed by atoms with Crippen LogP contribution < -0.4 is 4.74 Å². The van der Waals surface area contributed by atoms with E-state index in [4.69, 9.17) is 28.4 Å². The maximum Gasteiger partial charge on any atom is 0.357 e. The highest BCUT2D eigenvalue weighted by atomic mass is 16.6. The molecule has 0 aliphatic carbocycles. The zero-order chi connectivity index (χ0) is 22.9. The van der Waals surface area contributed by atoms with Crippen molar-refractivity contribution in [3.63, 3.8) is 0 Å². The molecule has 0 fully saturated rings. The Bertz CT molecular complexity index is 638. The summed E-state index contributed by atoms with van der Waals surface area (Å²) in [6.45, 7) is 4.86. The number of carbonyl (C=O) groups is 2. The number of hydrogen-bond donors (Lipinski definition) is 0. The van der Waals surface area contributed by atoms with Gasteiger partial charge in [0.1, 0.15) is 19.0 Å². The van der Waals surface area contributed by atoms with E-state index < -0.39 is 11.9 Å². The van der Waals surface area contributed by atoms with Gasteiger partial charge in [0.05, 0.1) is 46.2 Å². The molecule has 1 aliphatic rings. The van der Waals surface area contributed by atoms with Gasteiger partial charge in [-0.25, -0.2) is 14.6 Å². The van der Waals surface area contributed by atoms with Crippen molar-refractivity contribution in [3.05, 3.63) is 23.5 Å². The Labute approximate surface area is 189 Å². The fourth-order valence-corrected chi connectivity index (χ4v) is 2.95. The number of ether oxygens (including phenoxy) is 6. The molecule has 2 rings (SSSR count). The molecule has 9 heteroatoms. The third kappa shape index (κ3) is 10.9. The molecule has 0 saturated carbocycles. The van der Waals surface area contributed by atoms with Crippen molar-refractivity contribution in [2.24, 2.45) is 0 Å². The Kier molecular flexibility index (Phi) is 13.3. The first kappa shape index (κ1) is 26.0. The van der Waals surface area contributed by atoms with Crippen LogP contribution in [0.3, 0.4) is 0 Å². The summed E-state index contributed by atoms with van der Waals surface area (Å²) in [5, 5.41) is 0. The lowest BCUT2D eigenvalue weighted by Gasteiger charge is -2.12. The Balaban J connectivity index is 1.98. The lowest BCUT2D eigenvalue weighted by molar-refractivity contribution is -0.00741. The number of pyridine rings is 1. The fraction of sp³-hybridized carbons (Fsp3) is 0.696. The second-order valence-electron chi connectivity index (χ2n) is 7.30. The molecule has 0 saturated heterocycles. The van der Waals surface area contributed by atoms with E-state index in [1.807, 2.05) is 0 Å². The van der Waals surface area contributed by atoms with Gasteiger partial charge in [0.2, 0.25) is 0 Å². The number of unbranched alkanes of at least 4 members (excludes halogenated alkanes) is 5. The minimum atomic E-state index is -0.659. The fourth-order valence-electron chi connectivity index (χ4n) is 2.95. The molecule has 9 nitrogen and oxygen atoms in total. The molecule has 2 bridgehead atoms. The van der Waals surface area contributed by atoms with Crippen LogP contribution in [0.4, 0.5) is 0 Å². The number of aromatic nitrogens is 1. The number of nitrogens with zero attached hydrogens (tertiary/aromatic N) is 1. The van der Waals surface area contributed by atoms with Crippen molar-refractivity contribution in [2.75, 3.05) is 59.5 Å². The van der Waals surface area contributed by atoms with Gasteiger partial charge in [0.25, 0.3) is 0 Å². The van der Waals surface area contributed by atoms with Crippen molar-refractivity contribution < 1.29 is 38.0 Å². The Morgan fingerprint density at radius 2 is 1.19 bits per heavy atom. The van der Waals surface area contributed by atoms with Gasteiger partial charge in [-0.15, -0.1) is 0 Å². The summed E-state index contributed by atoms with van der Waals surface area (Å²) in [6.07, 6.45) is 6.80. The molecule has 180 valence electrons. The Morgan fingerprint density at radius 3 is 1.72 bits per heavy atom. The van der Waals surface area contributed by atoms with E-state index in [1.165, 1.54) is 37.8 Å². The van der Waals surface area contributed by atoms with Gasteiger partial charge >= 0.3 is 11.9 Å². The lowest BCUT2D eigenvalue weighted by atomic mass is 10.1. The van der Waals surface area contributed by atoms with Crippen LogP contribution in [0.15, 0.2) is 12.1 Å². The summed E-state index contributed by atoms with van der Waals surface area (Å²) >= 11 is 0. The van der Waals surface area contributed by atoms with Crippen LogP contribution in [-0.4, -0.2) is 76.4 Å². The molecule has 1 aromatic rings. The molecule has 0 atom stereocenters. The molecule has 0 N–H and O–H groups in total. The summed E-state index contributed by atoms with van der Waals surface area (Å²) in [7, 11) is 0. The number of hydrogen-bond acceptors (Lipinski definition) is 9. The van der Waals surface area contributed by atoms with Gasteiger partial charge in [-0.2, -0.15) is 0 Å². The Hall–Kier alpha value is -2.23. The van der Waals surface area contributed by atoms with E-state index in [9.17, 15) is 9.59 Å². The van der Waals surface area contributed by atoms with Crippen LogP contribution in [0, 0.1) is 0 Å². The van der Waals surface area contributed by atoms with Gasteiger partial charge in [-0.3, -0.25) is 0 Å². The SMILES string of the molecule is CCCCCCCCOc1cc2nc(c1)C(=O)OCCOCCOCCOCCOC2=O. The molecule has 1 aliphatic heterocycles. The van der Waals surface area contributed by atoms with Crippen molar-refractivity contribution in [2.45, 2.75) is 45.4 Å². The van der Waals surface area contributed by atoms with Crippen molar-refractivity contribution >= 4 is 11.9 Å². The second kappa shape index (κ2) is 16.4. The molecule has 2 heterocycles. The van der Waals surface area contributed by atoms with Crippen LogP contribution >= 0.6 is 0 Å². The number of rotatable bonds is 8. The average Bonchev–Trinajstić information content (AvgIpc) is 2.80. The van der Waals surface area contributed by atoms with Crippen LogP contribution in [0.2, 0.25) is 0 Å². The number of cyclic esters (lactones) is 2. The zero-order valence-corrected chi connectivity index (χ0v) is 19.0. The highest BCUT2D eigenvalue weighted by Crippen LogP contribution is 2.17. The quantitative estimate of drug-likeness (QED) is 0.434. The topological polar surface area (TPSA) is 102 Å². The summed E-state index contributed by atoms with van der Waals surface area (Å²) in [4.78, 5) is 28.9. The predicted octanol–water partition coefficient (Wildman–Crippen LogP) is 3.20. The molecule has 0 amide bonds. The smallest absolute Gasteiger partial charge is 0.357 e. The van der Waals surface area contributed by atoms with E-state index in [2.05, 4.69) is 11.9 Å². The highest BCUT2D eigenvalue weighted by molar-refractivity contribution is 5.92. The molecular formula is C23H35NO8. The number of fused-ring (bicyclic) bond motifs is 2. The van der Waals surface area contributed by atoms with E-state index in [1.54, 1.807) is 0 Å². The highest BCUT2D eigenvalue weighted by Gasteiger charge is 2.18. The van der Waals surface area contributed by atoms with Gasteiger partial charge in [-0.1, -0.05) is 39.0 Å². The molecule has 32 heavy (non-hydrogen) atoms. The first-order chi connectivity index (χ1) is 15.7. The largest absolute Gasteiger partial charge is 0.493 e. The average molecular weight is 454 g/mol. The number of esters is 2. The molecule has 0 unspecified atom stereocenters. The van der Waals surface area contributed by atoms with Gasteiger partial charge in [0, 0.05) is 12.1 Å². The third-order valence-electron chi connectivity index (χ3n) is 4.65. The monoisotopic (exact) mass is 453 g/mol. The standard InChI is InChI=1S/C23H35NO8/c1-2-3-4-5-6-7-8-30-19-17-20-22(25)31-15-13-28-11-9-27-10-12-29-14-16-32-23(26)21(18-19)24-20/h17-18H,2-16H2,1H3. The van der Waals surface area contributed by atoms with Crippen LogP contribution in [0.5, 0.6) is 5.75 Å². The summed E-state index contributed by atoms with van der Waals surface area (Å²) < 4.78 is 32.3. The van der Waals surface area contributed by atoms with E-state index in [0.717, 1.165) is 12.8 Å². The van der Waals surface area contributed by atoms with Crippen LogP contribution in [0.1, 0.15) is 66.4 Å². The zero-order valence-electron chi connectivity index (χ0n) is 19.0. The van der Waals surface area contributed by atoms with Gasteiger partial charge in [-0.05, 0) is 6.42 Å². The van der Waals surface area contributed by atoms with E-state index in [0.29, 0.717) is 38.8 Å². The first-order valence-corrected chi connectivity index (χ1v) is 11.4. The predicted molar refractivity (Wildman–Crippen MR) is 116 cm³/mol. The Morgan fingerprint density at radius 1 is 0.719 bits per heavy atom.